The predicted molar refractivity (Wildman–Crippen MR) is 112 cm³/mol. The lowest BCUT2D eigenvalue weighted by Gasteiger charge is -2.33. The number of rotatable bonds is 8. The van der Waals surface area contributed by atoms with Crippen LogP contribution in [0.15, 0.2) is 23.3 Å². The van der Waals surface area contributed by atoms with Crippen LogP contribution in [-0.4, -0.2) is 74.6 Å². The minimum Gasteiger partial charge on any atom is -0.357 e. The molecule has 3 rings (SSSR count). The number of nitrogens with zero attached hydrogens (tertiary/aromatic N) is 4. The van der Waals surface area contributed by atoms with E-state index in [2.05, 4.69) is 54.9 Å². The third kappa shape index (κ3) is 6.37. The molecule has 2 heterocycles. The highest BCUT2D eigenvalue weighted by molar-refractivity contribution is 5.81. The van der Waals surface area contributed by atoms with Gasteiger partial charge in [0.1, 0.15) is 5.82 Å². The van der Waals surface area contributed by atoms with E-state index in [1.54, 1.807) is 0 Å². The van der Waals surface area contributed by atoms with Crippen molar-refractivity contribution in [3.63, 3.8) is 0 Å². The Hall–Kier alpha value is -2.35. The molecule has 1 aliphatic carbocycles. The van der Waals surface area contributed by atoms with E-state index in [4.69, 9.17) is 0 Å². The SMILES string of the molecule is CCNC(=NCc1ccc(N2CCN(C)CC2)nc1)NCCNC(=O)C1CC1. The summed E-state index contributed by atoms with van der Waals surface area (Å²) < 4.78 is 0. The average molecular weight is 388 g/mol. The number of carbonyl (C=O) groups is 1. The molecular weight excluding hydrogens is 354 g/mol. The molecule has 1 aromatic heterocycles. The van der Waals surface area contributed by atoms with Crippen molar-refractivity contribution in [3.8, 4) is 0 Å². The van der Waals surface area contributed by atoms with Crippen molar-refractivity contribution in [3.05, 3.63) is 23.9 Å². The van der Waals surface area contributed by atoms with Gasteiger partial charge in [0.05, 0.1) is 6.54 Å². The number of piperazine rings is 1. The molecule has 0 aromatic carbocycles. The molecule has 8 heteroatoms. The molecule has 0 bridgehead atoms. The van der Waals surface area contributed by atoms with Crippen molar-refractivity contribution >= 4 is 17.7 Å². The molecule has 0 spiro atoms. The molecule has 2 fully saturated rings. The van der Waals surface area contributed by atoms with Gasteiger partial charge in [-0.3, -0.25) is 4.79 Å². The molecule has 8 nitrogen and oxygen atoms in total. The van der Waals surface area contributed by atoms with Crippen molar-refractivity contribution in [1.82, 2.24) is 25.8 Å². The van der Waals surface area contributed by atoms with Crippen LogP contribution < -0.4 is 20.9 Å². The second kappa shape index (κ2) is 10.3. The molecule has 1 saturated heterocycles. The van der Waals surface area contributed by atoms with E-state index < -0.39 is 0 Å². The first-order chi connectivity index (χ1) is 13.7. The van der Waals surface area contributed by atoms with E-state index >= 15 is 0 Å². The molecule has 1 saturated carbocycles. The number of hydrogen-bond donors (Lipinski definition) is 3. The zero-order chi connectivity index (χ0) is 19.8. The number of anilines is 1. The van der Waals surface area contributed by atoms with Crippen LogP contribution in [0.5, 0.6) is 0 Å². The number of likely N-dealkylation sites (N-methyl/N-ethyl adjacent to an activating group) is 1. The summed E-state index contributed by atoms with van der Waals surface area (Å²) in [6, 6.07) is 4.19. The number of carbonyl (C=O) groups excluding carboxylic acids is 1. The van der Waals surface area contributed by atoms with Gasteiger partial charge in [0.25, 0.3) is 0 Å². The third-order valence-corrected chi connectivity index (χ3v) is 5.07. The van der Waals surface area contributed by atoms with Gasteiger partial charge in [0, 0.05) is 57.9 Å². The monoisotopic (exact) mass is 387 g/mol. The first-order valence-electron chi connectivity index (χ1n) is 10.3. The molecule has 3 N–H and O–H groups in total. The van der Waals surface area contributed by atoms with Crippen LogP contribution in [0, 0.1) is 5.92 Å². The lowest BCUT2D eigenvalue weighted by Crippen LogP contribution is -2.44. The summed E-state index contributed by atoms with van der Waals surface area (Å²) in [7, 11) is 2.16. The molecular formula is C20H33N7O. The minimum atomic E-state index is 0.176. The highest BCUT2D eigenvalue weighted by Crippen LogP contribution is 2.28. The van der Waals surface area contributed by atoms with Crippen LogP contribution in [0.25, 0.3) is 0 Å². The number of guanidine groups is 1. The molecule has 1 amide bonds. The van der Waals surface area contributed by atoms with E-state index in [0.717, 1.165) is 62.9 Å². The topological polar surface area (TPSA) is 84.9 Å². The number of aromatic nitrogens is 1. The van der Waals surface area contributed by atoms with Crippen molar-refractivity contribution in [1.29, 1.82) is 0 Å². The van der Waals surface area contributed by atoms with Crippen LogP contribution in [-0.2, 0) is 11.3 Å². The average Bonchev–Trinajstić information content (AvgIpc) is 3.55. The Labute approximate surface area is 167 Å². The summed E-state index contributed by atoms with van der Waals surface area (Å²) in [6.45, 7) is 8.86. The van der Waals surface area contributed by atoms with Gasteiger partial charge < -0.3 is 25.8 Å². The van der Waals surface area contributed by atoms with E-state index in [1.165, 1.54) is 0 Å². The number of hydrogen-bond acceptors (Lipinski definition) is 5. The molecule has 28 heavy (non-hydrogen) atoms. The zero-order valence-electron chi connectivity index (χ0n) is 17.1. The lowest BCUT2D eigenvalue weighted by molar-refractivity contribution is -0.122. The quantitative estimate of drug-likeness (QED) is 0.341. The normalized spacial score (nSPS) is 18.1. The summed E-state index contributed by atoms with van der Waals surface area (Å²) in [6.07, 6.45) is 3.98. The highest BCUT2D eigenvalue weighted by atomic mass is 16.2. The molecule has 154 valence electrons. The summed E-state index contributed by atoms with van der Waals surface area (Å²) in [5.41, 5.74) is 1.08. The summed E-state index contributed by atoms with van der Waals surface area (Å²) in [4.78, 5) is 25.6. The Morgan fingerprint density at radius 2 is 1.89 bits per heavy atom. The third-order valence-electron chi connectivity index (χ3n) is 5.07. The van der Waals surface area contributed by atoms with E-state index in [1.807, 2.05) is 13.1 Å². The van der Waals surface area contributed by atoms with Crippen molar-refractivity contribution in [2.75, 3.05) is 57.8 Å². The van der Waals surface area contributed by atoms with Crippen molar-refractivity contribution < 1.29 is 4.79 Å². The summed E-state index contributed by atoms with van der Waals surface area (Å²) >= 11 is 0. The Bertz CT molecular complexity index is 649. The van der Waals surface area contributed by atoms with E-state index in [0.29, 0.717) is 19.6 Å². The van der Waals surface area contributed by atoms with Gasteiger partial charge in [-0.1, -0.05) is 6.07 Å². The maximum atomic E-state index is 11.6. The Balaban J connectivity index is 1.44. The Morgan fingerprint density at radius 1 is 1.14 bits per heavy atom. The summed E-state index contributed by atoms with van der Waals surface area (Å²) in [5.74, 6) is 2.22. The molecule has 0 unspecified atom stereocenters. The van der Waals surface area contributed by atoms with E-state index in [9.17, 15) is 4.79 Å². The number of aliphatic imine (C=N–C) groups is 1. The van der Waals surface area contributed by atoms with Gasteiger partial charge in [-0.05, 0) is 38.4 Å². The fourth-order valence-electron chi connectivity index (χ4n) is 3.10. The van der Waals surface area contributed by atoms with Gasteiger partial charge >= 0.3 is 0 Å². The molecule has 2 aliphatic rings. The molecule has 0 radical (unpaired) electrons. The van der Waals surface area contributed by atoms with Crippen molar-refractivity contribution in [2.45, 2.75) is 26.3 Å². The maximum Gasteiger partial charge on any atom is 0.223 e. The molecule has 0 atom stereocenters. The van der Waals surface area contributed by atoms with Crippen LogP contribution in [0.2, 0.25) is 0 Å². The maximum absolute atomic E-state index is 11.6. The van der Waals surface area contributed by atoms with E-state index in [-0.39, 0.29) is 11.8 Å². The van der Waals surface area contributed by atoms with Gasteiger partial charge in [-0.2, -0.15) is 0 Å². The largest absolute Gasteiger partial charge is 0.357 e. The number of nitrogens with one attached hydrogen (secondary N) is 3. The fraction of sp³-hybridized carbons (Fsp3) is 0.650. The fourth-order valence-corrected chi connectivity index (χ4v) is 3.10. The molecule has 1 aromatic rings. The standard InChI is InChI=1S/C20H33N7O/c1-3-21-20(23-9-8-22-19(28)17-5-6-17)25-15-16-4-7-18(24-14-16)27-12-10-26(2)11-13-27/h4,7,14,17H,3,5-6,8-13,15H2,1-2H3,(H,22,28)(H2,21,23,25). The summed E-state index contributed by atoms with van der Waals surface area (Å²) in [5, 5.41) is 9.45. The lowest BCUT2D eigenvalue weighted by atomic mass is 10.2. The first-order valence-corrected chi connectivity index (χ1v) is 10.3. The number of pyridine rings is 1. The second-order valence-corrected chi connectivity index (χ2v) is 7.50. The zero-order valence-corrected chi connectivity index (χ0v) is 17.1. The Kier molecular flexibility index (Phi) is 7.47. The van der Waals surface area contributed by atoms with Crippen LogP contribution in [0.1, 0.15) is 25.3 Å². The van der Waals surface area contributed by atoms with Crippen LogP contribution in [0.4, 0.5) is 5.82 Å². The molecule has 1 aliphatic heterocycles. The first kappa shape index (κ1) is 20.4. The highest BCUT2D eigenvalue weighted by Gasteiger charge is 2.28. The minimum absolute atomic E-state index is 0.176. The van der Waals surface area contributed by atoms with Crippen LogP contribution in [0.3, 0.4) is 0 Å². The Morgan fingerprint density at radius 3 is 2.54 bits per heavy atom. The number of amides is 1. The predicted octanol–water partition coefficient (Wildman–Crippen LogP) is 0.415. The van der Waals surface area contributed by atoms with Gasteiger partial charge in [-0.25, -0.2) is 9.98 Å². The van der Waals surface area contributed by atoms with Gasteiger partial charge in [0.2, 0.25) is 5.91 Å². The van der Waals surface area contributed by atoms with Crippen molar-refractivity contribution in [2.24, 2.45) is 10.9 Å². The van der Waals surface area contributed by atoms with Crippen LogP contribution >= 0.6 is 0 Å². The van der Waals surface area contributed by atoms with Gasteiger partial charge in [-0.15, -0.1) is 0 Å². The second-order valence-electron chi connectivity index (χ2n) is 7.50. The smallest absolute Gasteiger partial charge is 0.223 e. The van der Waals surface area contributed by atoms with Gasteiger partial charge in [0.15, 0.2) is 5.96 Å².